The zero-order valence-electron chi connectivity index (χ0n) is 9.85. The second-order valence-corrected chi connectivity index (χ2v) is 4.29. The van der Waals surface area contributed by atoms with Crippen molar-refractivity contribution in [3.8, 4) is 0 Å². The highest BCUT2D eigenvalue weighted by Crippen LogP contribution is 2.11. The standard InChI is InChI=1S/C11H21N3O2/c1-10(8-12-11(15)9-13-16)14-6-4-2-3-5-7-14/h9-10,16H,2-8H2,1H3,(H,12,15)/b13-9+/t10-/m0/s1. The summed E-state index contributed by atoms with van der Waals surface area (Å²) < 4.78 is 0. The van der Waals surface area contributed by atoms with E-state index in [1.54, 1.807) is 0 Å². The van der Waals surface area contributed by atoms with E-state index in [1.165, 1.54) is 25.7 Å². The number of hydrogen-bond acceptors (Lipinski definition) is 4. The quantitative estimate of drug-likeness (QED) is 0.425. The maximum Gasteiger partial charge on any atom is 0.265 e. The summed E-state index contributed by atoms with van der Waals surface area (Å²) in [5.74, 6) is -0.343. The van der Waals surface area contributed by atoms with Crippen LogP contribution in [0.4, 0.5) is 0 Å². The van der Waals surface area contributed by atoms with E-state index < -0.39 is 0 Å². The van der Waals surface area contributed by atoms with Crippen molar-refractivity contribution < 1.29 is 10.0 Å². The first-order valence-corrected chi connectivity index (χ1v) is 5.93. The average molecular weight is 227 g/mol. The molecule has 1 heterocycles. The molecule has 92 valence electrons. The van der Waals surface area contributed by atoms with Gasteiger partial charge in [-0.25, -0.2) is 0 Å². The average Bonchev–Trinajstić information content (AvgIpc) is 2.55. The fourth-order valence-corrected chi connectivity index (χ4v) is 2.01. The van der Waals surface area contributed by atoms with Gasteiger partial charge < -0.3 is 10.5 Å². The Balaban J connectivity index is 2.27. The fourth-order valence-electron chi connectivity index (χ4n) is 2.01. The molecule has 1 amide bonds. The topological polar surface area (TPSA) is 64.9 Å². The van der Waals surface area contributed by atoms with Gasteiger partial charge in [0, 0.05) is 12.6 Å². The van der Waals surface area contributed by atoms with Crippen LogP contribution >= 0.6 is 0 Å². The second-order valence-electron chi connectivity index (χ2n) is 4.29. The lowest BCUT2D eigenvalue weighted by molar-refractivity contribution is -0.114. The first-order valence-electron chi connectivity index (χ1n) is 5.93. The largest absolute Gasteiger partial charge is 0.411 e. The van der Waals surface area contributed by atoms with E-state index in [1.807, 2.05) is 0 Å². The SMILES string of the molecule is C[C@@H](CNC(=O)/C=N/O)N1CCCCCC1. The van der Waals surface area contributed by atoms with Crippen molar-refractivity contribution in [2.75, 3.05) is 19.6 Å². The third kappa shape index (κ3) is 4.61. The van der Waals surface area contributed by atoms with Crippen LogP contribution < -0.4 is 5.32 Å². The molecule has 2 N–H and O–H groups in total. The summed E-state index contributed by atoms with van der Waals surface area (Å²) in [7, 11) is 0. The van der Waals surface area contributed by atoms with E-state index in [9.17, 15) is 4.79 Å². The van der Waals surface area contributed by atoms with Gasteiger partial charge in [-0.15, -0.1) is 0 Å². The van der Waals surface area contributed by atoms with Crippen molar-refractivity contribution in [2.45, 2.75) is 38.6 Å². The highest BCUT2D eigenvalue weighted by Gasteiger charge is 2.15. The minimum atomic E-state index is -0.343. The molecule has 0 saturated carbocycles. The van der Waals surface area contributed by atoms with Crippen LogP contribution in [0.3, 0.4) is 0 Å². The summed E-state index contributed by atoms with van der Waals surface area (Å²) in [5, 5.41) is 13.6. The molecule has 0 aromatic rings. The van der Waals surface area contributed by atoms with Gasteiger partial charge in [-0.1, -0.05) is 18.0 Å². The van der Waals surface area contributed by atoms with Crippen LogP contribution in [0.25, 0.3) is 0 Å². The van der Waals surface area contributed by atoms with E-state index in [0.29, 0.717) is 12.6 Å². The smallest absolute Gasteiger partial charge is 0.265 e. The number of nitrogens with zero attached hydrogens (tertiary/aromatic N) is 2. The summed E-state index contributed by atoms with van der Waals surface area (Å²) >= 11 is 0. The molecule has 1 aliphatic rings. The fraction of sp³-hybridized carbons (Fsp3) is 0.818. The number of carbonyl (C=O) groups is 1. The molecule has 0 aromatic carbocycles. The third-order valence-corrected chi connectivity index (χ3v) is 3.01. The number of hydrogen-bond donors (Lipinski definition) is 2. The van der Waals surface area contributed by atoms with Crippen molar-refractivity contribution in [1.29, 1.82) is 0 Å². The first kappa shape index (κ1) is 13.0. The molecule has 1 atom stereocenters. The molecule has 5 nitrogen and oxygen atoms in total. The monoisotopic (exact) mass is 227 g/mol. The predicted octanol–water partition coefficient (Wildman–Crippen LogP) is 0.827. The maximum atomic E-state index is 11.1. The van der Waals surface area contributed by atoms with Crippen LogP contribution in [0.15, 0.2) is 5.16 Å². The molecule has 1 saturated heterocycles. The summed E-state index contributed by atoms with van der Waals surface area (Å²) in [6.07, 6.45) is 6.00. The van der Waals surface area contributed by atoms with Crippen LogP contribution in [0.2, 0.25) is 0 Å². The number of amides is 1. The zero-order chi connectivity index (χ0) is 11.8. The lowest BCUT2D eigenvalue weighted by Gasteiger charge is -2.27. The van der Waals surface area contributed by atoms with Crippen LogP contribution in [0.5, 0.6) is 0 Å². The van der Waals surface area contributed by atoms with Crippen molar-refractivity contribution >= 4 is 12.1 Å². The summed E-state index contributed by atoms with van der Waals surface area (Å²) in [4.78, 5) is 13.5. The number of rotatable bonds is 4. The minimum Gasteiger partial charge on any atom is -0.411 e. The summed E-state index contributed by atoms with van der Waals surface area (Å²) in [6.45, 7) is 4.95. The van der Waals surface area contributed by atoms with Gasteiger partial charge in [0.2, 0.25) is 0 Å². The van der Waals surface area contributed by atoms with Crippen molar-refractivity contribution in [1.82, 2.24) is 10.2 Å². The molecule has 0 bridgehead atoms. The van der Waals surface area contributed by atoms with Crippen LogP contribution in [0, 0.1) is 0 Å². The Morgan fingerprint density at radius 1 is 1.44 bits per heavy atom. The van der Waals surface area contributed by atoms with Gasteiger partial charge in [0.1, 0.15) is 6.21 Å². The van der Waals surface area contributed by atoms with Gasteiger partial charge in [0.25, 0.3) is 5.91 Å². The van der Waals surface area contributed by atoms with Gasteiger partial charge in [-0.05, 0) is 32.9 Å². The Kier molecular flexibility index (Phi) is 5.85. The van der Waals surface area contributed by atoms with Crippen LogP contribution in [0.1, 0.15) is 32.6 Å². The second kappa shape index (κ2) is 7.22. The lowest BCUT2D eigenvalue weighted by atomic mass is 10.2. The maximum absolute atomic E-state index is 11.1. The minimum absolute atomic E-state index is 0.342. The summed E-state index contributed by atoms with van der Waals surface area (Å²) in [5.41, 5.74) is 0. The molecule has 0 unspecified atom stereocenters. The van der Waals surface area contributed by atoms with E-state index in [-0.39, 0.29) is 5.91 Å². The molecular formula is C11H21N3O2. The Hall–Kier alpha value is -1.10. The van der Waals surface area contributed by atoms with Crippen LogP contribution in [-0.2, 0) is 4.79 Å². The van der Waals surface area contributed by atoms with E-state index in [2.05, 4.69) is 22.3 Å². The molecule has 5 heteroatoms. The molecule has 0 radical (unpaired) electrons. The Labute approximate surface area is 96.5 Å². The highest BCUT2D eigenvalue weighted by atomic mass is 16.4. The van der Waals surface area contributed by atoms with Crippen molar-refractivity contribution in [2.24, 2.45) is 5.16 Å². The lowest BCUT2D eigenvalue weighted by Crippen LogP contribution is -2.42. The molecular weight excluding hydrogens is 206 g/mol. The molecule has 0 aliphatic carbocycles. The number of carbonyl (C=O) groups excluding carboxylic acids is 1. The predicted molar refractivity (Wildman–Crippen MR) is 62.8 cm³/mol. The van der Waals surface area contributed by atoms with E-state index >= 15 is 0 Å². The number of likely N-dealkylation sites (tertiary alicyclic amines) is 1. The summed E-state index contributed by atoms with van der Waals surface area (Å²) in [6, 6.07) is 0.342. The first-order chi connectivity index (χ1) is 7.74. The van der Waals surface area contributed by atoms with Crippen LogP contribution in [-0.4, -0.2) is 47.9 Å². The highest BCUT2D eigenvalue weighted by molar-refractivity contribution is 6.25. The number of oxime groups is 1. The normalized spacial score (nSPS) is 20.6. The Morgan fingerprint density at radius 2 is 2.06 bits per heavy atom. The molecule has 0 aromatic heterocycles. The number of nitrogens with one attached hydrogen (secondary N) is 1. The molecule has 1 rings (SSSR count). The van der Waals surface area contributed by atoms with E-state index in [0.717, 1.165) is 19.3 Å². The molecule has 0 spiro atoms. The van der Waals surface area contributed by atoms with Gasteiger partial charge in [-0.3, -0.25) is 9.69 Å². The molecule has 1 aliphatic heterocycles. The van der Waals surface area contributed by atoms with Gasteiger partial charge in [-0.2, -0.15) is 0 Å². The van der Waals surface area contributed by atoms with Gasteiger partial charge in [0.05, 0.1) is 0 Å². The third-order valence-electron chi connectivity index (χ3n) is 3.01. The van der Waals surface area contributed by atoms with Crippen molar-refractivity contribution in [3.63, 3.8) is 0 Å². The molecule has 1 fully saturated rings. The molecule has 16 heavy (non-hydrogen) atoms. The van der Waals surface area contributed by atoms with Gasteiger partial charge >= 0.3 is 0 Å². The van der Waals surface area contributed by atoms with E-state index in [4.69, 9.17) is 5.21 Å². The zero-order valence-corrected chi connectivity index (χ0v) is 9.85. The van der Waals surface area contributed by atoms with Gasteiger partial charge in [0.15, 0.2) is 0 Å². The Morgan fingerprint density at radius 3 is 2.62 bits per heavy atom. The van der Waals surface area contributed by atoms with Crippen molar-refractivity contribution in [3.05, 3.63) is 0 Å². The Bertz CT molecular complexity index is 235.